The largest absolute Gasteiger partial charge is 0.456 e. The number of ether oxygens (including phenoxy) is 1. The Hall–Kier alpha value is -3.97. The number of nitrogens with one attached hydrogen (secondary N) is 1. The first-order chi connectivity index (χ1) is 21.6. The van der Waals surface area contributed by atoms with Crippen molar-refractivity contribution in [3.63, 3.8) is 0 Å². The molecule has 7 nitrogen and oxygen atoms in total. The number of carbonyl (C=O) groups is 3. The van der Waals surface area contributed by atoms with Gasteiger partial charge in [-0.1, -0.05) is 64.1 Å². The van der Waals surface area contributed by atoms with Crippen molar-refractivity contribution in [2.24, 2.45) is 0 Å². The molecule has 46 heavy (non-hydrogen) atoms. The summed E-state index contributed by atoms with van der Waals surface area (Å²) in [6, 6.07) is 22.8. The van der Waals surface area contributed by atoms with Crippen molar-refractivity contribution in [1.29, 1.82) is 0 Å². The van der Waals surface area contributed by atoms with Crippen LogP contribution in [-0.2, 0) is 15.6 Å². The molecule has 3 aromatic rings. The lowest BCUT2D eigenvalue weighted by Crippen LogP contribution is -2.46. The Kier molecular flexibility index (Phi) is 9.20. The predicted molar refractivity (Wildman–Crippen MR) is 184 cm³/mol. The Morgan fingerprint density at radius 1 is 0.848 bits per heavy atom. The van der Waals surface area contributed by atoms with Gasteiger partial charge in [0.15, 0.2) is 0 Å². The van der Waals surface area contributed by atoms with Crippen LogP contribution in [0.25, 0.3) is 0 Å². The molecule has 0 aromatic heterocycles. The average molecular weight is 624 g/mol. The monoisotopic (exact) mass is 623 g/mol. The van der Waals surface area contributed by atoms with Crippen LogP contribution in [0.1, 0.15) is 111 Å². The fourth-order valence-corrected chi connectivity index (χ4v) is 6.57. The standard InChI is InChI=1S/C39H49N3O4/c1-37(2,3)46-35(44)28-16-14-27(15-17-28)34(43)42(29-18-19-31-32(24-29)39(6,7)21-20-38(31,4)5)36(45)40-22-23-41(8)33-25-30(33)26-12-10-9-11-13-26/h9-19,24,30,33H,20-23,25H2,1-8H3,(H,40,45). The highest BCUT2D eigenvalue weighted by Crippen LogP contribution is 2.47. The van der Waals surface area contributed by atoms with Crippen LogP contribution in [0.2, 0.25) is 0 Å². The number of carbonyl (C=O) groups excluding carboxylic acids is 3. The SMILES string of the molecule is CN(CCNC(=O)N(C(=O)c1ccc(C(=O)OC(C)(C)C)cc1)c1ccc2c(c1)C(C)(C)CCC2(C)C)C1CC1c1ccccc1. The Balaban J connectivity index is 1.37. The van der Waals surface area contributed by atoms with E-state index in [-0.39, 0.29) is 10.8 Å². The van der Waals surface area contributed by atoms with Gasteiger partial charge in [0.05, 0.1) is 11.3 Å². The Bertz CT molecular complexity index is 1590. The molecule has 0 heterocycles. The van der Waals surface area contributed by atoms with Crippen molar-refractivity contribution in [3.8, 4) is 0 Å². The second kappa shape index (κ2) is 12.7. The topological polar surface area (TPSA) is 79.0 Å². The van der Waals surface area contributed by atoms with Crippen molar-refractivity contribution in [2.75, 3.05) is 25.0 Å². The number of fused-ring (bicyclic) bond motifs is 1. The lowest BCUT2D eigenvalue weighted by Gasteiger charge is -2.42. The number of esters is 1. The minimum Gasteiger partial charge on any atom is -0.456 e. The summed E-state index contributed by atoms with van der Waals surface area (Å²) in [6.07, 6.45) is 3.18. The van der Waals surface area contributed by atoms with Gasteiger partial charge in [-0.3, -0.25) is 4.79 Å². The molecule has 2 unspecified atom stereocenters. The van der Waals surface area contributed by atoms with Crippen molar-refractivity contribution >= 4 is 23.6 Å². The third kappa shape index (κ3) is 7.36. The van der Waals surface area contributed by atoms with Crippen molar-refractivity contribution in [3.05, 3.63) is 101 Å². The zero-order valence-corrected chi connectivity index (χ0v) is 28.6. The molecule has 7 heteroatoms. The van der Waals surface area contributed by atoms with Crippen molar-refractivity contribution in [2.45, 2.75) is 96.1 Å². The average Bonchev–Trinajstić information content (AvgIpc) is 3.81. The van der Waals surface area contributed by atoms with E-state index in [0.29, 0.717) is 41.9 Å². The summed E-state index contributed by atoms with van der Waals surface area (Å²) >= 11 is 0. The predicted octanol–water partition coefficient (Wildman–Crippen LogP) is 7.84. The van der Waals surface area contributed by atoms with E-state index in [1.54, 1.807) is 24.3 Å². The molecule has 2 aliphatic rings. The van der Waals surface area contributed by atoms with E-state index in [2.05, 4.69) is 75.3 Å². The maximum atomic E-state index is 14.1. The van der Waals surface area contributed by atoms with Gasteiger partial charge < -0.3 is 15.0 Å². The molecule has 5 rings (SSSR count). The van der Waals surface area contributed by atoms with E-state index in [0.717, 1.165) is 24.8 Å². The quantitative estimate of drug-likeness (QED) is 0.259. The van der Waals surface area contributed by atoms with Crippen LogP contribution in [-0.4, -0.2) is 54.6 Å². The van der Waals surface area contributed by atoms with Crippen LogP contribution in [0.3, 0.4) is 0 Å². The highest BCUT2D eigenvalue weighted by Gasteiger charge is 2.41. The lowest BCUT2D eigenvalue weighted by molar-refractivity contribution is 0.00692. The maximum Gasteiger partial charge on any atom is 0.338 e. The summed E-state index contributed by atoms with van der Waals surface area (Å²) in [4.78, 5) is 44.1. The van der Waals surface area contributed by atoms with E-state index >= 15 is 0 Å². The van der Waals surface area contributed by atoms with Gasteiger partial charge in [-0.15, -0.1) is 0 Å². The third-order valence-corrected chi connectivity index (χ3v) is 9.56. The molecule has 1 N–H and O–H groups in total. The highest BCUT2D eigenvalue weighted by molar-refractivity contribution is 6.20. The van der Waals surface area contributed by atoms with Gasteiger partial charge in [-0.25, -0.2) is 14.5 Å². The van der Waals surface area contributed by atoms with Crippen LogP contribution in [0.5, 0.6) is 0 Å². The Morgan fingerprint density at radius 2 is 1.46 bits per heavy atom. The number of hydrogen-bond donors (Lipinski definition) is 1. The number of anilines is 1. The number of nitrogens with zero attached hydrogens (tertiary/aromatic N) is 2. The molecule has 0 spiro atoms. The summed E-state index contributed by atoms with van der Waals surface area (Å²) in [5.74, 6) is -0.414. The number of hydrogen-bond acceptors (Lipinski definition) is 5. The number of urea groups is 1. The molecule has 2 aliphatic carbocycles. The van der Waals surface area contributed by atoms with E-state index in [1.165, 1.54) is 16.0 Å². The minimum atomic E-state index is -0.634. The first-order valence-electron chi connectivity index (χ1n) is 16.4. The van der Waals surface area contributed by atoms with E-state index < -0.39 is 23.5 Å². The molecule has 1 saturated carbocycles. The molecule has 244 valence electrons. The van der Waals surface area contributed by atoms with E-state index in [1.807, 2.05) is 39.0 Å². The Morgan fingerprint density at radius 3 is 2.09 bits per heavy atom. The van der Waals surface area contributed by atoms with Crippen LogP contribution in [0.4, 0.5) is 10.5 Å². The third-order valence-electron chi connectivity index (χ3n) is 9.56. The zero-order chi connectivity index (χ0) is 33.4. The molecule has 2 atom stereocenters. The zero-order valence-electron chi connectivity index (χ0n) is 28.6. The van der Waals surface area contributed by atoms with Gasteiger partial charge in [-0.2, -0.15) is 0 Å². The highest BCUT2D eigenvalue weighted by atomic mass is 16.6. The molecule has 3 aromatic carbocycles. The molecule has 0 aliphatic heterocycles. The van der Waals surface area contributed by atoms with Gasteiger partial charge in [0.25, 0.3) is 5.91 Å². The van der Waals surface area contributed by atoms with Crippen LogP contribution in [0.15, 0.2) is 72.8 Å². The second-order valence-electron chi connectivity index (χ2n) is 15.3. The summed E-state index contributed by atoms with van der Waals surface area (Å²) in [5.41, 5.74) is 4.21. The summed E-state index contributed by atoms with van der Waals surface area (Å²) < 4.78 is 5.48. The van der Waals surface area contributed by atoms with Gasteiger partial charge in [0.2, 0.25) is 0 Å². The van der Waals surface area contributed by atoms with Gasteiger partial charge in [0, 0.05) is 30.6 Å². The van der Waals surface area contributed by atoms with Crippen molar-refractivity contribution in [1.82, 2.24) is 10.2 Å². The number of rotatable bonds is 8. The lowest BCUT2D eigenvalue weighted by atomic mass is 9.63. The van der Waals surface area contributed by atoms with Crippen LogP contribution in [0, 0.1) is 0 Å². The summed E-state index contributed by atoms with van der Waals surface area (Å²) in [6.45, 7) is 15.4. The molecule has 1 fully saturated rings. The summed E-state index contributed by atoms with van der Waals surface area (Å²) in [5, 5.41) is 3.02. The number of likely N-dealkylation sites (N-methyl/N-ethyl adjacent to an activating group) is 1. The minimum absolute atomic E-state index is 0.00296. The maximum absolute atomic E-state index is 14.1. The number of imide groups is 1. The molecule has 0 saturated heterocycles. The number of benzene rings is 3. The summed E-state index contributed by atoms with van der Waals surface area (Å²) in [7, 11) is 2.09. The Labute approximate surface area is 274 Å². The molecular formula is C39H49N3O4. The normalized spacial score (nSPS) is 19.6. The fourth-order valence-electron chi connectivity index (χ4n) is 6.57. The van der Waals surface area contributed by atoms with Gasteiger partial charge >= 0.3 is 12.0 Å². The van der Waals surface area contributed by atoms with Crippen molar-refractivity contribution < 1.29 is 19.1 Å². The van der Waals surface area contributed by atoms with Gasteiger partial charge in [0.1, 0.15) is 5.60 Å². The smallest absolute Gasteiger partial charge is 0.338 e. The second-order valence-corrected chi connectivity index (χ2v) is 15.3. The van der Waals surface area contributed by atoms with Crippen LogP contribution < -0.4 is 10.2 Å². The molecule has 3 amide bonds. The molecule has 0 bridgehead atoms. The van der Waals surface area contributed by atoms with E-state index in [4.69, 9.17) is 4.74 Å². The fraction of sp³-hybridized carbons (Fsp3) is 0.462. The molecule has 0 radical (unpaired) electrons. The first kappa shape index (κ1) is 33.4. The molecular weight excluding hydrogens is 574 g/mol. The van der Waals surface area contributed by atoms with Gasteiger partial charge in [-0.05, 0) is 111 Å². The van der Waals surface area contributed by atoms with Crippen LogP contribution >= 0.6 is 0 Å². The number of amides is 3. The van der Waals surface area contributed by atoms with E-state index in [9.17, 15) is 14.4 Å². The first-order valence-corrected chi connectivity index (χ1v) is 16.4.